The van der Waals surface area contributed by atoms with Crippen LogP contribution in [0.4, 0.5) is 0 Å². The molecule has 1 aliphatic heterocycles. The number of imide groups is 1. The first kappa shape index (κ1) is 13.6. The minimum atomic E-state index is -0.191. The molecule has 3 rings (SSSR count). The van der Waals surface area contributed by atoms with Crippen molar-refractivity contribution in [1.82, 2.24) is 4.90 Å². The monoisotopic (exact) mass is 279 g/mol. The van der Waals surface area contributed by atoms with Gasteiger partial charge in [0.25, 0.3) is 11.8 Å². The molecular formula is C18H17NO2. The molecule has 21 heavy (non-hydrogen) atoms. The van der Waals surface area contributed by atoms with E-state index in [9.17, 15) is 9.59 Å². The molecule has 1 heterocycles. The Labute approximate surface area is 124 Å². The Hall–Kier alpha value is -2.42. The van der Waals surface area contributed by atoms with Gasteiger partial charge in [0.15, 0.2) is 0 Å². The predicted octanol–water partition coefficient (Wildman–Crippen LogP) is 3.82. The molecule has 0 radical (unpaired) electrons. The minimum absolute atomic E-state index is 0.182. The zero-order valence-electron chi connectivity index (χ0n) is 12.0. The third kappa shape index (κ3) is 2.25. The van der Waals surface area contributed by atoms with E-state index in [2.05, 4.69) is 6.92 Å². The molecule has 0 bridgehead atoms. The Morgan fingerprint density at radius 1 is 0.857 bits per heavy atom. The van der Waals surface area contributed by atoms with Gasteiger partial charge in [0.2, 0.25) is 0 Å². The molecule has 0 saturated carbocycles. The fourth-order valence-corrected chi connectivity index (χ4v) is 2.88. The molecule has 1 aliphatic rings. The average molecular weight is 279 g/mol. The summed E-state index contributed by atoms with van der Waals surface area (Å²) in [6.45, 7) is 2.06. The summed E-state index contributed by atoms with van der Waals surface area (Å²) in [5, 5.41) is 0. The van der Waals surface area contributed by atoms with Crippen molar-refractivity contribution in [3.63, 3.8) is 0 Å². The van der Waals surface area contributed by atoms with E-state index in [1.807, 2.05) is 30.3 Å². The summed E-state index contributed by atoms with van der Waals surface area (Å²) < 4.78 is 0. The Bertz CT molecular complexity index is 644. The summed E-state index contributed by atoms with van der Waals surface area (Å²) >= 11 is 0. The Kier molecular flexibility index (Phi) is 3.57. The number of hydrogen-bond acceptors (Lipinski definition) is 2. The van der Waals surface area contributed by atoms with Crippen LogP contribution in [-0.2, 0) is 0 Å². The summed E-state index contributed by atoms with van der Waals surface area (Å²) in [5.41, 5.74) is 2.04. The zero-order valence-corrected chi connectivity index (χ0v) is 12.0. The number of benzene rings is 2. The normalized spacial score (nSPS) is 15.2. The van der Waals surface area contributed by atoms with E-state index in [1.165, 1.54) is 4.90 Å². The highest BCUT2D eigenvalue weighted by molar-refractivity contribution is 6.21. The summed E-state index contributed by atoms with van der Waals surface area (Å²) in [6, 6.07) is 16.6. The van der Waals surface area contributed by atoms with Gasteiger partial charge in [-0.25, -0.2) is 0 Å². The van der Waals surface area contributed by atoms with Gasteiger partial charge >= 0.3 is 0 Å². The first-order valence-corrected chi connectivity index (χ1v) is 7.26. The second-order valence-corrected chi connectivity index (χ2v) is 5.24. The van der Waals surface area contributed by atoms with Gasteiger partial charge < -0.3 is 0 Å². The third-order valence-electron chi connectivity index (χ3n) is 3.88. The van der Waals surface area contributed by atoms with Gasteiger partial charge in [-0.2, -0.15) is 0 Å². The minimum Gasteiger partial charge on any atom is -0.269 e. The highest BCUT2D eigenvalue weighted by Crippen LogP contribution is 2.33. The second kappa shape index (κ2) is 5.52. The fraction of sp³-hybridized carbons (Fsp3) is 0.222. The number of carbonyl (C=O) groups excluding carboxylic acids is 2. The molecule has 3 heteroatoms. The number of rotatable bonds is 4. The molecule has 106 valence electrons. The first-order valence-electron chi connectivity index (χ1n) is 7.26. The van der Waals surface area contributed by atoms with Crippen molar-refractivity contribution in [3.8, 4) is 0 Å². The molecule has 1 unspecified atom stereocenters. The topological polar surface area (TPSA) is 37.4 Å². The third-order valence-corrected chi connectivity index (χ3v) is 3.88. The van der Waals surface area contributed by atoms with Crippen LogP contribution in [0.25, 0.3) is 0 Å². The van der Waals surface area contributed by atoms with Gasteiger partial charge in [-0.1, -0.05) is 55.8 Å². The molecule has 0 aromatic heterocycles. The van der Waals surface area contributed by atoms with Crippen LogP contribution in [0, 0.1) is 0 Å². The number of nitrogens with zero attached hydrogens (tertiary/aromatic N) is 1. The van der Waals surface area contributed by atoms with Crippen molar-refractivity contribution in [2.75, 3.05) is 0 Å². The number of amides is 2. The second-order valence-electron chi connectivity index (χ2n) is 5.24. The van der Waals surface area contributed by atoms with Crippen molar-refractivity contribution in [2.45, 2.75) is 25.8 Å². The lowest BCUT2D eigenvalue weighted by Crippen LogP contribution is -2.34. The molecule has 0 saturated heterocycles. The van der Waals surface area contributed by atoms with Crippen LogP contribution in [0.15, 0.2) is 54.6 Å². The van der Waals surface area contributed by atoms with E-state index in [0.717, 1.165) is 18.4 Å². The largest absolute Gasteiger partial charge is 0.269 e. The first-order chi connectivity index (χ1) is 10.2. The fourth-order valence-electron chi connectivity index (χ4n) is 2.88. The van der Waals surface area contributed by atoms with Gasteiger partial charge in [-0.05, 0) is 24.1 Å². The highest BCUT2D eigenvalue weighted by Gasteiger charge is 2.39. The van der Waals surface area contributed by atoms with Crippen molar-refractivity contribution >= 4 is 11.8 Å². The quantitative estimate of drug-likeness (QED) is 0.798. The molecule has 1 atom stereocenters. The van der Waals surface area contributed by atoms with Crippen molar-refractivity contribution in [1.29, 1.82) is 0 Å². The van der Waals surface area contributed by atoms with Gasteiger partial charge in [-0.3, -0.25) is 14.5 Å². The van der Waals surface area contributed by atoms with Crippen LogP contribution in [-0.4, -0.2) is 16.7 Å². The van der Waals surface area contributed by atoms with Crippen molar-refractivity contribution in [2.24, 2.45) is 0 Å². The molecule has 2 aromatic rings. The summed E-state index contributed by atoms with van der Waals surface area (Å²) in [7, 11) is 0. The average Bonchev–Trinajstić information content (AvgIpc) is 2.78. The van der Waals surface area contributed by atoms with E-state index in [0.29, 0.717) is 11.1 Å². The van der Waals surface area contributed by atoms with E-state index >= 15 is 0 Å². The molecule has 0 aliphatic carbocycles. The van der Waals surface area contributed by atoms with E-state index < -0.39 is 0 Å². The predicted molar refractivity (Wildman–Crippen MR) is 81.0 cm³/mol. The Morgan fingerprint density at radius 2 is 1.38 bits per heavy atom. The molecule has 0 fully saturated rings. The molecule has 0 spiro atoms. The Balaban J connectivity index is 2.02. The molecule has 3 nitrogen and oxygen atoms in total. The summed E-state index contributed by atoms with van der Waals surface area (Å²) in [4.78, 5) is 26.6. The summed E-state index contributed by atoms with van der Waals surface area (Å²) in [6.07, 6.45) is 1.68. The lowest BCUT2D eigenvalue weighted by molar-refractivity contribution is 0.0573. The number of carbonyl (C=O) groups is 2. The maximum absolute atomic E-state index is 12.6. The van der Waals surface area contributed by atoms with Crippen molar-refractivity contribution < 1.29 is 9.59 Å². The van der Waals surface area contributed by atoms with E-state index in [4.69, 9.17) is 0 Å². The zero-order chi connectivity index (χ0) is 14.8. The van der Waals surface area contributed by atoms with Crippen LogP contribution >= 0.6 is 0 Å². The van der Waals surface area contributed by atoms with E-state index in [-0.39, 0.29) is 17.9 Å². The van der Waals surface area contributed by atoms with Gasteiger partial charge in [0.1, 0.15) is 0 Å². The van der Waals surface area contributed by atoms with Crippen LogP contribution in [0.5, 0.6) is 0 Å². The lowest BCUT2D eigenvalue weighted by atomic mass is 10.0. The van der Waals surface area contributed by atoms with Gasteiger partial charge in [0, 0.05) is 0 Å². The molecule has 2 amide bonds. The molecule has 2 aromatic carbocycles. The van der Waals surface area contributed by atoms with Crippen LogP contribution < -0.4 is 0 Å². The summed E-state index contributed by atoms with van der Waals surface area (Å²) in [5.74, 6) is -0.365. The van der Waals surface area contributed by atoms with Gasteiger partial charge in [0.05, 0.1) is 17.2 Å². The van der Waals surface area contributed by atoms with Crippen LogP contribution in [0.3, 0.4) is 0 Å². The lowest BCUT2D eigenvalue weighted by Gasteiger charge is -2.26. The van der Waals surface area contributed by atoms with Crippen LogP contribution in [0.1, 0.15) is 52.1 Å². The molecule has 0 N–H and O–H groups in total. The SMILES string of the molecule is CCCC(c1ccccc1)N1C(=O)c2ccccc2C1=O. The molecular weight excluding hydrogens is 262 g/mol. The standard InChI is InChI=1S/C18H17NO2/c1-2-8-16(13-9-4-3-5-10-13)19-17(20)14-11-6-7-12-15(14)18(19)21/h3-7,9-12,16H,2,8H2,1H3. The maximum atomic E-state index is 12.6. The van der Waals surface area contributed by atoms with E-state index in [1.54, 1.807) is 24.3 Å². The maximum Gasteiger partial charge on any atom is 0.262 e. The smallest absolute Gasteiger partial charge is 0.262 e. The van der Waals surface area contributed by atoms with Crippen LogP contribution in [0.2, 0.25) is 0 Å². The highest BCUT2D eigenvalue weighted by atomic mass is 16.2. The van der Waals surface area contributed by atoms with Gasteiger partial charge in [-0.15, -0.1) is 0 Å². The Morgan fingerprint density at radius 3 is 1.90 bits per heavy atom. The number of fused-ring (bicyclic) bond motifs is 1. The number of hydrogen-bond donors (Lipinski definition) is 0. The van der Waals surface area contributed by atoms with Crippen molar-refractivity contribution in [3.05, 3.63) is 71.3 Å².